The maximum atomic E-state index is 12.3. The van der Waals surface area contributed by atoms with E-state index in [4.69, 9.17) is 26.4 Å². The van der Waals surface area contributed by atoms with Gasteiger partial charge in [-0.1, -0.05) is 60.7 Å². The maximum absolute atomic E-state index is 12.3. The highest BCUT2D eigenvalue weighted by molar-refractivity contribution is 7.80. The van der Waals surface area contributed by atoms with Crippen molar-refractivity contribution in [2.45, 2.75) is 25.0 Å². The Bertz CT molecular complexity index is 1010. The number of esters is 1. The number of ether oxygens (including phenoxy) is 3. The molecule has 0 bridgehead atoms. The van der Waals surface area contributed by atoms with Gasteiger partial charge in [0.1, 0.15) is 19.3 Å². The number of fused-ring (bicyclic) bond motifs is 3. The molecule has 0 unspecified atom stereocenters. The Balaban J connectivity index is 1.27. The summed E-state index contributed by atoms with van der Waals surface area (Å²) in [4.78, 5) is 23.2. The number of hydrogen-bond acceptors (Lipinski definition) is 6. The Labute approximate surface area is 191 Å². The standard InChI is InChI=1S/C24H24N2O5S/c1-15(27)29-13-17-11-10-16(12-30-17)25-23(32)26-24(28)31-14-22-20-8-4-2-6-18(20)19-7-3-5-9-21(19)22/h2-11,16-17,22H,12-14H2,1H3,(H2,25,26,28,32)/t16-,17-/m1/s1. The first-order valence-corrected chi connectivity index (χ1v) is 10.8. The summed E-state index contributed by atoms with van der Waals surface area (Å²) < 4.78 is 16.0. The summed E-state index contributed by atoms with van der Waals surface area (Å²) in [5, 5.41) is 5.70. The number of rotatable bonds is 5. The maximum Gasteiger partial charge on any atom is 0.413 e. The zero-order valence-corrected chi connectivity index (χ0v) is 18.4. The van der Waals surface area contributed by atoms with Gasteiger partial charge in [-0.2, -0.15) is 0 Å². The molecule has 0 radical (unpaired) electrons. The minimum atomic E-state index is -0.613. The van der Waals surface area contributed by atoms with E-state index in [0.717, 1.165) is 11.1 Å². The molecule has 2 aromatic rings. The lowest BCUT2D eigenvalue weighted by atomic mass is 9.98. The number of nitrogens with one attached hydrogen (secondary N) is 2. The van der Waals surface area contributed by atoms with Crippen molar-refractivity contribution in [2.24, 2.45) is 0 Å². The number of benzene rings is 2. The van der Waals surface area contributed by atoms with Crippen LogP contribution in [0.25, 0.3) is 11.1 Å². The van der Waals surface area contributed by atoms with Crippen LogP contribution in [0.4, 0.5) is 4.79 Å². The Morgan fingerprint density at radius 1 is 1.00 bits per heavy atom. The quantitative estimate of drug-likeness (QED) is 0.409. The van der Waals surface area contributed by atoms with E-state index in [9.17, 15) is 9.59 Å². The fourth-order valence-corrected chi connectivity index (χ4v) is 4.16. The SMILES string of the molecule is CC(=O)OC[C@H]1C=C[C@@H](NC(=S)NC(=O)OCC2c3ccccc3-c3ccccc32)CO1. The van der Waals surface area contributed by atoms with Crippen LogP contribution in [0.2, 0.25) is 0 Å². The number of hydrogen-bond donors (Lipinski definition) is 2. The van der Waals surface area contributed by atoms with Gasteiger partial charge in [0.05, 0.1) is 12.6 Å². The van der Waals surface area contributed by atoms with Gasteiger partial charge in [-0.25, -0.2) is 4.79 Å². The van der Waals surface area contributed by atoms with Crippen LogP contribution >= 0.6 is 12.2 Å². The number of amides is 1. The smallest absolute Gasteiger partial charge is 0.413 e. The summed E-state index contributed by atoms with van der Waals surface area (Å²) in [6.07, 6.45) is 2.75. The van der Waals surface area contributed by atoms with Gasteiger partial charge >= 0.3 is 12.1 Å². The van der Waals surface area contributed by atoms with Crippen LogP contribution in [-0.2, 0) is 19.0 Å². The van der Waals surface area contributed by atoms with Gasteiger partial charge in [-0.05, 0) is 34.5 Å². The average molecular weight is 453 g/mol. The van der Waals surface area contributed by atoms with Crippen molar-refractivity contribution in [1.29, 1.82) is 0 Å². The molecular formula is C24H24N2O5S. The van der Waals surface area contributed by atoms with Crippen LogP contribution in [0.3, 0.4) is 0 Å². The van der Waals surface area contributed by atoms with Gasteiger partial charge in [-0.15, -0.1) is 0 Å². The molecule has 1 amide bonds. The molecule has 2 atom stereocenters. The van der Waals surface area contributed by atoms with Gasteiger partial charge in [0, 0.05) is 12.8 Å². The molecule has 7 nitrogen and oxygen atoms in total. The Morgan fingerprint density at radius 3 is 2.25 bits per heavy atom. The highest BCUT2D eigenvalue weighted by Crippen LogP contribution is 2.44. The fourth-order valence-electron chi connectivity index (χ4n) is 3.92. The van der Waals surface area contributed by atoms with Crippen LogP contribution in [-0.4, -0.2) is 49.1 Å². The summed E-state index contributed by atoms with van der Waals surface area (Å²) in [6.45, 7) is 2.06. The van der Waals surface area contributed by atoms with E-state index >= 15 is 0 Å². The van der Waals surface area contributed by atoms with Crippen molar-refractivity contribution in [1.82, 2.24) is 10.6 Å². The first kappa shape index (κ1) is 22.0. The minimum Gasteiger partial charge on any atom is -0.463 e. The average Bonchev–Trinajstić information content (AvgIpc) is 3.11. The third kappa shape index (κ3) is 5.15. The molecule has 0 fully saturated rings. The van der Waals surface area contributed by atoms with Crippen LogP contribution in [0.15, 0.2) is 60.7 Å². The van der Waals surface area contributed by atoms with E-state index in [1.807, 2.05) is 30.3 Å². The summed E-state index contributed by atoms with van der Waals surface area (Å²) in [5.41, 5.74) is 4.64. The number of alkyl carbamates (subject to hydrolysis) is 1. The van der Waals surface area contributed by atoms with Gasteiger partial charge in [0.2, 0.25) is 0 Å². The lowest BCUT2D eigenvalue weighted by molar-refractivity contribution is -0.144. The molecule has 0 spiro atoms. The first-order chi connectivity index (χ1) is 15.5. The number of carbonyl (C=O) groups is 2. The summed E-state index contributed by atoms with van der Waals surface area (Å²) >= 11 is 5.22. The second-order valence-corrected chi connectivity index (χ2v) is 8.00. The van der Waals surface area contributed by atoms with Crippen molar-refractivity contribution >= 4 is 29.4 Å². The molecule has 0 aromatic heterocycles. The molecule has 2 aromatic carbocycles. The molecule has 0 saturated heterocycles. The zero-order chi connectivity index (χ0) is 22.5. The highest BCUT2D eigenvalue weighted by atomic mass is 32.1. The van der Waals surface area contributed by atoms with Crippen molar-refractivity contribution in [3.8, 4) is 11.1 Å². The predicted octanol–water partition coefficient (Wildman–Crippen LogP) is 3.29. The van der Waals surface area contributed by atoms with Crippen LogP contribution < -0.4 is 10.6 Å². The molecule has 2 N–H and O–H groups in total. The lowest BCUT2D eigenvalue weighted by Gasteiger charge is -2.25. The topological polar surface area (TPSA) is 85.9 Å². The molecule has 0 saturated carbocycles. The van der Waals surface area contributed by atoms with Crippen molar-refractivity contribution < 1.29 is 23.8 Å². The van der Waals surface area contributed by atoms with E-state index in [-0.39, 0.29) is 42.4 Å². The van der Waals surface area contributed by atoms with Crippen LogP contribution in [0.5, 0.6) is 0 Å². The zero-order valence-electron chi connectivity index (χ0n) is 17.6. The van der Waals surface area contributed by atoms with E-state index in [1.54, 1.807) is 6.08 Å². The van der Waals surface area contributed by atoms with Crippen LogP contribution in [0, 0.1) is 0 Å². The third-order valence-electron chi connectivity index (χ3n) is 5.37. The van der Waals surface area contributed by atoms with Gasteiger partial charge in [-0.3, -0.25) is 10.1 Å². The Morgan fingerprint density at radius 2 is 1.66 bits per heavy atom. The highest BCUT2D eigenvalue weighted by Gasteiger charge is 2.29. The van der Waals surface area contributed by atoms with Crippen LogP contribution in [0.1, 0.15) is 24.0 Å². The fraction of sp³-hybridized carbons (Fsp3) is 0.292. The second-order valence-electron chi connectivity index (χ2n) is 7.59. The van der Waals surface area contributed by atoms with E-state index in [0.29, 0.717) is 6.61 Å². The molecule has 2 aliphatic rings. The van der Waals surface area contributed by atoms with E-state index in [1.165, 1.54) is 18.1 Å². The monoisotopic (exact) mass is 452 g/mol. The number of carbonyl (C=O) groups excluding carboxylic acids is 2. The number of thiocarbonyl (C=S) groups is 1. The molecule has 8 heteroatoms. The lowest BCUT2D eigenvalue weighted by Crippen LogP contribution is -2.47. The van der Waals surface area contributed by atoms with Gasteiger partial charge in [0.25, 0.3) is 0 Å². The second kappa shape index (κ2) is 9.93. The van der Waals surface area contributed by atoms with Gasteiger partial charge in [0.15, 0.2) is 5.11 Å². The van der Waals surface area contributed by atoms with E-state index in [2.05, 4.69) is 34.9 Å². The molecule has 166 valence electrons. The Hall–Kier alpha value is -3.23. The van der Waals surface area contributed by atoms with Crippen molar-refractivity contribution in [3.05, 3.63) is 71.8 Å². The first-order valence-electron chi connectivity index (χ1n) is 10.4. The molecule has 4 rings (SSSR count). The molecule has 1 aliphatic heterocycles. The molecular weight excluding hydrogens is 428 g/mol. The largest absolute Gasteiger partial charge is 0.463 e. The van der Waals surface area contributed by atoms with Crippen molar-refractivity contribution in [3.63, 3.8) is 0 Å². The minimum absolute atomic E-state index is 0.0153. The molecule has 32 heavy (non-hydrogen) atoms. The summed E-state index contributed by atoms with van der Waals surface area (Å²) in [7, 11) is 0. The summed E-state index contributed by atoms with van der Waals surface area (Å²) in [5.74, 6) is -0.366. The summed E-state index contributed by atoms with van der Waals surface area (Å²) in [6, 6.07) is 16.1. The molecule has 1 heterocycles. The van der Waals surface area contributed by atoms with E-state index < -0.39 is 6.09 Å². The van der Waals surface area contributed by atoms with Gasteiger partial charge < -0.3 is 19.5 Å². The molecule has 1 aliphatic carbocycles. The third-order valence-corrected chi connectivity index (χ3v) is 5.59. The Kier molecular flexibility index (Phi) is 6.82. The predicted molar refractivity (Wildman–Crippen MR) is 123 cm³/mol. The van der Waals surface area contributed by atoms with Crippen molar-refractivity contribution in [2.75, 3.05) is 19.8 Å². The normalized spacial score (nSPS) is 18.9.